The number of halogens is 1. The van der Waals surface area contributed by atoms with Gasteiger partial charge < -0.3 is 5.11 Å². The molecule has 3 rings (SSSR count). The number of benzene rings is 1. The van der Waals surface area contributed by atoms with Gasteiger partial charge in [-0.15, -0.1) is 0 Å². The monoisotopic (exact) mass is 289 g/mol. The van der Waals surface area contributed by atoms with E-state index in [9.17, 15) is 9.50 Å². The summed E-state index contributed by atoms with van der Waals surface area (Å²) in [5.74, 6) is 0.144. The smallest absolute Gasteiger partial charge is 0.137 e. The van der Waals surface area contributed by atoms with Crippen molar-refractivity contribution in [2.75, 3.05) is 0 Å². The van der Waals surface area contributed by atoms with E-state index in [4.69, 9.17) is 0 Å². The van der Waals surface area contributed by atoms with Gasteiger partial charge >= 0.3 is 0 Å². The van der Waals surface area contributed by atoms with Crippen molar-refractivity contribution in [3.8, 4) is 0 Å². The molecule has 0 unspecified atom stereocenters. The minimum atomic E-state index is -0.790. The van der Waals surface area contributed by atoms with Gasteiger partial charge in [0.1, 0.15) is 18.5 Å². The second-order valence-corrected chi connectivity index (χ2v) is 6.09. The Morgan fingerprint density at radius 3 is 2.76 bits per heavy atom. The van der Waals surface area contributed by atoms with E-state index in [0.29, 0.717) is 6.54 Å². The Hall–Kier alpha value is -1.75. The first-order valence-corrected chi connectivity index (χ1v) is 7.37. The van der Waals surface area contributed by atoms with Crippen molar-refractivity contribution in [1.82, 2.24) is 14.8 Å². The summed E-state index contributed by atoms with van der Waals surface area (Å²) in [6.07, 6.45) is 5.85. The Balaban J connectivity index is 1.78. The average molecular weight is 289 g/mol. The molecular weight excluding hydrogens is 269 g/mol. The lowest BCUT2D eigenvalue weighted by molar-refractivity contribution is -0.0482. The molecule has 0 saturated heterocycles. The van der Waals surface area contributed by atoms with Gasteiger partial charge in [-0.2, -0.15) is 5.10 Å². The summed E-state index contributed by atoms with van der Waals surface area (Å²) in [5.41, 5.74) is 0.273. The fourth-order valence-corrected chi connectivity index (χ4v) is 3.40. The van der Waals surface area contributed by atoms with Gasteiger partial charge in [-0.25, -0.2) is 9.37 Å². The zero-order valence-corrected chi connectivity index (χ0v) is 12.1. The standard InChI is InChI=1S/C16H20FN3O/c1-12-2-5-14(8-13-3-6-15(17)7-4-13)16(12,21)9-20-11-18-10-19-20/h3-4,6-7,10-12,14,21H,2,5,8-9H2,1H3/t12-,14-,16+/m1/s1. The Morgan fingerprint density at radius 1 is 1.33 bits per heavy atom. The van der Waals surface area contributed by atoms with Crippen molar-refractivity contribution in [2.24, 2.45) is 11.8 Å². The highest BCUT2D eigenvalue weighted by atomic mass is 19.1. The maximum absolute atomic E-state index is 13.0. The summed E-state index contributed by atoms with van der Waals surface area (Å²) < 4.78 is 14.7. The fraction of sp³-hybridized carbons (Fsp3) is 0.500. The highest BCUT2D eigenvalue weighted by Gasteiger charge is 2.46. The van der Waals surface area contributed by atoms with E-state index in [1.165, 1.54) is 18.5 Å². The lowest BCUT2D eigenvalue weighted by Gasteiger charge is -2.34. The van der Waals surface area contributed by atoms with Crippen molar-refractivity contribution >= 4 is 0 Å². The Bertz CT molecular complexity index is 584. The van der Waals surface area contributed by atoms with Crippen LogP contribution in [0.1, 0.15) is 25.3 Å². The molecule has 112 valence electrons. The molecule has 1 aliphatic carbocycles. The number of nitrogens with zero attached hydrogens (tertiary/aromatic N) is 3. The topological polar surface area (TPSA) is 50.9 Å². The molecule has 1 saturated carbocycles. The molecule has 2 aromatic rings. The van der Waals surface area contributed by atoms with Crippen LogP contribution in [-0.4, -0.2) is 25.5 Å². The number of hydrogen-bond donors (Lipinski definition) is 1. The molecule has 0 bridgehead atoms. The van der Waals surface area contributed by atoms with Crippen LogP contribution >= 0.6 is 0 Å². The zero-order chi connectivity index (χ0) is 14.9. The molecule has 0 amide bonds. The largest absolute Gasteiger partial charge is 0.387 e. The fourth-order valence-electron chi connectivity index (χ4n) is 3.40. The lowest BCUT2D eigenvalue weighted by Crippen LogP contribution is -2.44. The average Bonchev–Trinajstić information content (AvgIpc) is 3.05. The maximum Gasteiger partial charge on any atom is 0.137 e. The quantitative estimate of drug-likeness (QED) is 0.940. The van der Waals surface area contributed by atoms with E-state index in [1.807, 2.05) is 0 Å². The first kappa shape index (κ1) is 14.2. The highest BCUT2D eigenvalue weighted by molar-refractivity contribution is 5.18. The van der Waals surface area contributed by atoms with Crippen molar-refractivity contribution in [3.63, 3.8) is 0 Å². The first-order chi connectivity index (χ1) is 10.1. The molecule has 0 spiro atoms. The number of aromatic nitrogens is 3. The van der Waals surface area contributed by atoms with Crippen LogP contribution in [0, 0.1) is 17.7 Å². The molecule has 4 nitrogen and oxygen atoms in total. The third-order valence-electron chi connectivity index (χ3n) is 4.79. The Labute approximate surface area is 123 Å². The molecule has 0 radical (unpaired) electrons. The molecule has 1 heterocycles. The van der Waals surface area contributed by atoms with Crippen LogP contribution in [0.5, 0.6) is 0 Å². The van der Waals surface area contributed by atoms with E-state index < -0.39 is 5.60 Å². The van der Waals surface area contributed by atoms with E-state index in [-0.39, 0.29) is 17.7 Å². The highest BCUT2D eigenvalue weighted by Crippen LogP contribution is 2.43. The Morgan fingerprint density at radius 2 is 2.10 bits per heavy atom. The first-order valence-electron chi connectivity index (χ1n) is 7.37. The minimum Gasteiger partial charge on any atom is -0.387 e. The number of hydrogen-bond acceptors (Lipinski definition) is 3. The van der Waals surface area contributed by atoms with Crippen LogP contribution in [0.2, 0.25) is 0 Å². The molecule has 1 N–H and O–H groups in total. The van der Waals surface area contributed by atoms with Crippen LogP contribution in [0.4, 0.5) is 4.39 Å². The summed E-state index contributed by atoms with van der Waals surface area (Å²) in [5, 5.41) is 15.3. The molecule has 1 aromatic carbocycles. The van der Waals surface area contributed by atoms with Crippen molar-refractivity contribution in [2.45, 2.75) is 38.3 Å². The summed E-state index contributed by atoms with van der Waals surface area (Å²) in [6, 6.07) is 6.55. The van der Waals surface area contributed by atoms with Crippen molar-refractivity contribution in [1.29, 1.82) is 0 Å². The van der Waals surface area contributed by atoms with Crippen LogP contribution in [0.3, 0.4) is 0 Å². The van der Waals surface area contributed by atoms with Crippen LogP contribution in [-0.2, 0) is 13.0 Å². The molecular formula is C16H20FN3O. The van der Waals surface area contributed by atoms with Gasteiger partial charge in [-0.05, 0) is 48.8 Å². The van der Waals surface area contributed by atoms with E-state index in [2.05, 4.69) is 17.0 Å². The van der Waals surface area contributed by atoms with Gasteiger partial charge in [0.25, 0.3) is 0 Å². The minimum absolute atomic E-state index is 0.155. The molecule has 1 fully saturated rings. The zero-order valence-electron chi connectivity index (χ0n) is 12.1. The molecule has 1 aliphatic rings. The predicted molar refractivity (Wildman–Crippen MR) is 77.0 cm³/mol. The van der Waals surface area contributed by atoms with Gasteiger partial charge in [0.05, 0.1) is 12.1 Å². The van der Waals surface area contributed by atoms with Gasteiger partial charge in [0.2, 0.25) is 0 Å². The molecule has 0 aliphatic heterocycles. The molecule has 21 heavy (non-hydrogen) atoms. The maximum atomic E-state index is 13.0. The second-order valence-electron chi connectivity index (χ2n) is 6.09. The Kier molecular flexibility index (Phi) is 3.76. The van der Waals surface area contributed by atoms with Crippen LogP contribution in [0.15, 0.2) is 36.9 Å². The lowest BCUT2D eigenvalue weighted by atomic mass is 9.81. The van der Waals surface area contributed by atoms with E-state index >= 15 is 0 Å². The van der Waals surface area contributed by atoms with Gasteiger partial charge in [-0.3, -0.25) is 4.68 Å². The van der Waals surface area contributed by atoms with Crippen molar-refractivity contribution < 1.29 is 9.50 Å². The molecule has 3 atom stereocenters. The third kappa shape index (κ3) is 2.83. The summed E-state index contributed by atoms with van der Waals surface area (Å²) in [4.78, 5) is 3.94. The van der Waals surface area contributed by atoms with E-state index in [0.717, 1.165) is 24.8 Å². The number of rotatable bonds is 4. The van der Waals surface area contributed by atoms with Crippen LogP contribution in [0.25, 0.3) is 0 Å². The normalized spacial score (nSPS) is 28.9. The van der Waals surface area contributed by atoms with Gasteiger partial charge in [0.15, 0.2) is 0 Å². The van der Waals surface area contributed by atoms with Crippen molar-refractivity contribution in [3.05, 3.63) is 48.3 Å². The summed E-state index contributed by atoms with van der Waals surface area (Å²) in [7, 11) is 0. The van der Waals surface area contributed by atoms with Gasteiger partial charge in [-0.1, -0.05) is 19.1 Å². The SMILES string of the molecule is C[C@@H]1CC[C@H](Cc2ccc(F)cc2)[C@]1(O)Cn1cncn1. The third-order valence-corrected chi connectivity index (χ3v) is 4.79. The number of aliphatic hydroxyl groups is 1. The second kappa shape index (κ2) is 5.56. The molecule has 1 aromatic heterocycles. The summed E-state index contributed by atoms with van der Waals surface area (Å²) in [6.45, 7) is 2.54. The van der Waals surface area contributed by atoms with Crippen LogP contribution < -0.4 is 0 Å². The molecule has 5 heteroatoms. The van der Waals surface area contributed by atoms with Gasteiger partial charge in [0, 0.05) is 0 Å². The predicted octanol–water partition coefficient (Wildman–Crippen LogP) is 2.44. The van der Waals surface area contributed by atoms with E-state index in [1.54, 1.807) is 23.1 Å². The summed E-state index contributed by atoms with van der Waals surface area (Å²) >= 11 is 0.